The molecule has 0 spiro atoms. The number of fused-ring (bicyclic) bond motifs is 1. The number of benzene rings is 1. The highest BCUT2D eigenvalue weighted by atomic mass is 32.2. The molecule has 102 valence electrons. The van der Waals surface area contributed by atoms with Gasteiger partial charge in [-0.25, -0.2) is 4.98 Å². The van der Waals surface area contributed by atoms with Crippen LogP contribution in [-0.4, -0.2) is 20.6 Å². The van der Waals surface area contributed by atoms with Gasteiger partial charge in [-0.3, -0.25) is 0 Å². The molecular formula is C15H19NOS2. The van der Waals surface area contributed by atoms with E-state index in [9.17, 15) is 5.11 Å². The minimum absolute atomic E-state index is 0.303. The number of pyridine rings is 1. The number of aromatic hydroxyl groups is 1. The Kier molecular flexibility index (Phi) is 4.63. The van der Waals surface area contributed by atoms with Gasteiger partial charge in [0, 0.05) is 20.8 Å². The van der Waals surface area contributed by atoms with Gasteiger partial charge in [-0.2, -0.15) is 0 Å². The number of phenols is 1. The lowest BCUT2D eigenvalue weighted by atomic mass is 10.2. The zero-order valence-electron chi connectivity index (χ0n) is 11.7. The van der Waals surface area contributed by atoms with Crippen LogP contribution < -0.4 is 0 Å². The van der Waals surface area contributed by atoms with Crippen LogP contribution in [0.15, 0.2) is 34.2 Å². The Morgan fingerprint density at radius 3 is 2.37 bits per heavy atom. The number of nitrogens with zero attached hydrogens (tertiary/aromatic N) is 1. The molecule has 2 nitrogen and oxygen atoms in total. The van der Waals surface area contributed by atoms with Crippen molar-refractivity contribution >= 4 is 34.4 Å². The standard InChI is InChI=1S/C15H19NOS2/c1-9(2)18-14-8-11-12(6-5-7-13(11)17)16-15(14)19-10(3)4/h5-10,17H,1-4H3. The number of rotatable bonds is 4. The Morgan fingerprint density at radius 1 is 1.05 bits per heavy atom. The largest absolute Gasteiger partial charge is 0.507 e. The summed E-state index contributed by atoms with van der Waals surface area (Å²) in [5.41, 5.74) is 0.858. The first-order chi connectivity index (χ1) is 8.97. The van der Waals surface area contributed by atoms with Crippen molar-refractivity contribution in [1.82, 2.24) is 4.98 Å². The first-order valence-corrected chi connectivity index (χ1v) is 8.19. The molecule has 0 aliphatic heterocycles. The Bertz CT molecular complexity index is 582. The summed E-state index contributed by atoms with van der Waals surface area (Å²) >= 11 is 3.57. The van der Waals surface area contributed by atoms with Crippen LogP contribution in [0, 0.1) is 0 Å². The first kappa shape index (κ1) is 14.5. The number of phenolic OH excluding ortho intramolecular Hbond substituents is 1. The molecule has 0 radical (unpaired) electrons. The minimum Gasteiger partial charge on any atom is -0.507 e. The zero-order valence-corrected chi connectivity index (χ0v) is 13.3. The van der Waals surface area contributed by atoms with Gasteiger partial charge < -0.3 is 5.11 Å². The topological polar surface area (TPSA) is 33.1 Å². The number of aromatic nitrogens is 1. The third-order valence-electron chi connectivity index (χ3n) is 2.48. The highest BCUT2D eigenvalue weighted by molar-refractivity contribution is 8.02. The molecule has 19 heavy (non-hydrogen) atoms. The summed E-state index contributed by atoms with van der Waals surface area (Å²) in [5.74, 6) is 0.303. The van der Waals surface area contributed by atoms with Crippen molar-refractivity contribution in [3.8, 4) is 5.75 Å². The van der Waals surface area contributed by atoms with E-state index in [0.717, 1.165) is 20.8 Å². The molecule has 2 aromatic rings. The molecule has 1 N–H and O–H groups in total. The van der Waals surface area contributed by atoms with Crippen LogP contribution in [0.4, 0.5) is 0 Å². The maximum atomic E-state index is 9.95. The Hall–Kier alpha value is -0.870. The van der Waals surface area contributed by atoms with Gasteiger partial charge in [0.15, 0.2) is 0 Å². The Balaban J connectivity index is 2.56. The summed E-state index contributed by atoms with van der Waals surface area (Å²) in [6.45, 7) is 8.68. The fourth-order valence-electron chi connectivity index (χ4n) is 1.79. The molecule has 0 saturated heterocycles. The molecule has 1 heterocycles. The molecule has 0 atom stereocenters. The van der Waals surface area contributed by atoms with Gasteiger partial charge in [0.2, 0.25) is 0 Å². The van der Waals surface area contributed by atoms with Crippen LogP contribution in [0.25, 0.3) is 10.9 Å². The highest BCUT2D eigenvalue weighted by Crippen LogP contribution is 2.37. The molecule has 1 aromatic carbocycles. The van der Waals surface area contributed by atoms with Crippen LogP contribution >= 0.6 is 23.5 Å². The van der Waals surface area contributed by atoms with E-state index in [1.165, 1.54) is 0 Å². The van der Waals surface area contributed by atoms with Crippen molar-refractivity contribution in [2.45, 2.75) is 48.1 Å². The normalized spacial score (nSPS) is 11.7. The lowest BCUT2D eigenvalue weighted by molar-refractivity contribution is 0.481. The Morgan fingerprint density at radius 2 is 1.74 bits per heavy atom. The van der Waals surface area contributed by atoms with Gasteiger partial charge in [-0.15, -0.1) is 23.5 Å². The monoisotopic (exact) mass is 293 g/mol. The summed E-state index contributed by atoms with van der Waals surface area (Å²) in [7, 11) is 0. The lowest BCUT2D eigenvalue weighted by Crippen LogP contribution is -1.95. The molecule has 2 rings (SSSR count). The van der Waals surface area contributed by atoms with Crippen LogP contribution in [0.3, 0.4) is 0 Å². The third kappa shape index (κ3) is 3.57. The fourth-order valence-corrected chi connectivity index (χ4v) is 3.69. The second-order valence-electron chi connectivity index (χ2n) is 4.97. The van der Waals surface area contributed by atoms with Gasteiger partial charge in [-0.05, 0) is 18.2 Å². The molecule has 0 fully saturated rings. The molecule has 0 amide bonds. The Labute approximate surface area is 123 Å². The van der Waals surface area contributed by atoms with E-state index in [4.69, 9.17) is 4.98 Å². The number of hydrogen-bond donors (Lipinski definition) is 1. The SMILES string of the molecule is CC(C)Sc1cc2c(O)cccc2nc1SC(C)C. The van der Waals surface area contributed by atoms with Gasteiger partial charge in [0.05, 0.1) is 5.52 Å². The number of hydrogen-bond acceptors (Lipinski definition) is 4. The predicted molar refractivity (Wildman–Crippen MR) is 85.4 cm³/mol. The van der Waals surface area contributed by atoms with E-state index in [2.05, 4.69) is 33.8 Å². The molecule has 1 aromatic heterocycles. The van der Waals surface area contributed by atoms with E-state index in [-0.39, 0.29) is 0 Å². The summed E-state index contributed by atoms with van der Waals surface area (Å²) < 4.78 is 0. The van der Waals surface area contributed by atoms with E-state index in [0.29, 0.717) is 16.2 Å². The molecule has 0 saturated carbocycles. The molecule has 0 bridgehead atoms. The molecule has 0 unspecified atom stereocenters. The maximum Gasteiger partial charge on any atom is 0.125 e. The highest BCUT2D eigenvalue weighted by Gasteiger charge is 2.13. The summed E-state index contributed by atoms with van der Waals surface area (Å²) in [6, 6.07) is 7.56. The van der Waals surface area contributed by atoms with E-state index >= 15 is 0 Å². The summed E-state index contributed by atoms with van der Waals surface area (Å²) in [6.07, 6.45) is 0. The first-order valence-electron chi connectivity index (χ1n) is 6.43. The zero-order chi connectivity index (χ0) is 14.0. The van der Waals surface area contributed by atoms with Crippen LogP contribution in [0.1, 0.15) is 27.7 Å². The predicted octanol–water partition coefficient (Wildman–Crippen LogP) is 4.94. The third-order valence-corrected chi connectivity index (χ3v) is 4.65. The van der Waals surface area contributed by atoms with E-state index in [1.54, 1.807) is 29.6 Å². The summed E-state index contributed by atoms with van der Waals surface area (Å²) in [4.78, 5) is 5.87. The quantitative estimate of drug-likeness (QED) is 0.809. The van der Waals surface area contributed by atoms with Gasteiger partial charge >= 0.3 is 0 Å². The second-order valence-corrected chi connectivity index (χ2v) is 8.15. The van der Waals surface area contributed by atoms with Crippen molar-refractivity contribution in [1.29, 1.82) is 0 Å². The molecule has 4 heteroatoms. The summed E-state index contributed by atoms with van der Waals surface area (Å²) in [5, 5.41) is 12.8. The fraction of sp³-hybridized carbons (Fsp3) is 0.400. The molecule has 0 aliphatic rings. The van der Waals surface area contributed by atoms with Crippen LogP contribution in [-0.2, 0) is 0 Å². The minimum atomic E-state index is 0.303. The van der Waals surface area contributed by atoms with Gasteiger partial charge in [0.1, 0.15) is 10.8 Å². The van der Waals surface area contributed by atoms with Crippen molar-refractivity contribution in [2.75, 3.05) is 0 Å². The van der Waals surface area contributed by atoms with Crippen molar-refractivity contribution < 1.29 is 5.11 Å². The smallest absolute Gasteiger partial charge is 0.125 e. The van der Waals surface area contributed by atoms with Gasteiger partial charge in [-0.1, -0.05) is 33.8 Å². The van der Waals surface area contributed by atoms with Crippen molar-refractivity contribution in [2.24, 2.45) is 0 Å². The van der Waals surface area contributed by atoms with Crippen molar-refractivity contribution in [3.05, 3.63) is 24.3 Å². The van der Waals surface area contributed by atoms with E-state index in [1.807, 2.05) is 12.1 Å². The van der Waals surface area contributed by atoms with Crippen molar-refractivity contribution in [3.63, 3.8) is 0 Å². The van der Waals surface area contributed by atoms with E-state index < -0.39 is 0 Å². The van der Waals surface area contributed by atoms with Crippen LogP contribution in [0.2, 0.25) is 0 Å². The molecule has 0 aliphatic carbocycles. The lowest BCUT2D eigenvalue weighted by Gasteiger charge is -2.13. The average molecular weight is 293 g/mol. The van der Waals surface area contributed by atoms with Crippen LogP contribution in [0.5, 0.6) is 5.75 Å². The maximum absolute atomic E-state index is 9.95. The number of thioether (sulfide) groups is 2. The van der Waals surface area contributed by atoms with Gasteiger partial charge in [0.25, 0.3) is 0 Å². The average Bonchev–Trinajstić information content (AvgIpc) is 2.29. The molecular weight excluding hydrogens is 274 g/mol. The second kappa shape index (κ2) is 6.06.